The number of benzene rings is 1. The molecule has 2 nitrogen and oxygen atoms in total. The van der Waals surface area contributed by atoms with Crippen LogP contribution in [0.15, 0.2) is 24.4 Å². The third-order valence-corrected chi connectivity index (χ3v) is 2.55. The maximum absolute atomic E-state index is 6.05. The van der Waals surface area contributed by atoms with Crippen LogP contribution in [0.5, 0.6) is 0 Å². The second-order valence-corrected chi connectivity index (χ2v) is 3.84. The highest BCUT2D eigenvalue weighted by Crippen LogP contribution is 2.29. The second kappa shape index (κ2) is 4.25. The van der Waals surface area contributed by atoms with E-state index in [2.05, 4.69) is 16.9 Å². The Labute approximate surface area is 98.3 Å². The van der Waals surface area contributed by atoms with E-state index in [0.717, 1.165) is 17.1 Å². The Kier molecular flexibility index (Phi) is 2.98. The minimum Gasteiger partial charge on any atom is -0.348 e. The molecule has 0 bridgehead atoms. The Hall–Kier alpha value is -0.990. The normalized spacial score (nSPS) is 10.6. The summed E-state index contributed by atoms with van der Waals surface area (Å²) in [6, 6.07) is 5.32. The zero-order valence-corrected chi connectivity index (χ0v) is 9.31. The monoisotopic (exact) mass is 238 g/mol. The lowest BCUT2D eigenvalue weighted by Crippen LogP contribution is -1.82. The number of halogens is 2. The first-order valence-corrected chi connectivity index (χ1v) is 5.09. The highest BCUT2D eigenvalue weighted by molar-refractivity contribution is 6.36. The zero-order chi connectivity index (χ0) is 10.8. The molecule has 1 N–H and O–H groups in total. The maximum atomic E-state index is 6.05. The molecule has 4 heteroatoms. The molecule has 76 valence electrons. The quantitative estimate of drug-likeness (QED) is 0.848. The van der Waals surface area contributed by atoms with Gasteiger partial charge in [0.2, 0.25) is 0 Å². The van der Waals surface area contributed by atoms with Gasteiger partial charge in [0.25, 0.3) is 0 Å². The van der Waals surface area contributed by atoms with E-state index >= 15 is 0 Å². The van der Waals surface area contributed by atoms with Gasteiger partial charge in [0.1, 0.15) is 5.82 Å². The molecule has 0 fully saturated rings. The van der Waals surface area contributed by atoms with Crippen LogP contribution < -0.4 is 0 Å². The first-order valence-electron chi connectivity index (χ1n) is 4.34. The van der Waals surface area contributed by atoms with Crippen molar-refractivity contribution in [3.63, 3.8) is 0 Å². The van der Waals surface area contributed by atoms with Crippen LogP contribution in [0.25, 0.3) is 11.3 Å². The standard InChI is InChI=1S/C11H8Cl2N2/c1-2-11-14-6-10(15-11)8-4-3-7(12)5-9(8)13/h2-6H,1H2,(H,14,15). The molecular weight excluding hydrogens is 231 g/mol. The van der Waals surface area contributed by atoms with Crippen LogP contribution in [-0.4, -0.2) is 9.97 Å². The molecule has 2 aromatic rings. The molecule has 2 radical (unpaired) electrons. The van der Waals surface area contributed by atoms with Gasteiger partial charge in [-0.25, -0.2) is 4.98 Å². The molecule has 0 saturated carbocycles. The van der Waals surface area contributed by atoms with E-state index in [1.54, 1.807) is 24.8 Å². The van der Waals surface area contributed by atoms with Gasteiger partial charge in [0.05, 0.1) is 10.7 Å². The van der Waals surface area contributed by atoms with Gasteiger partial charge >= 0.3 is 0 Å². The predicted octanol–water partition coefficient (Wildman–Crippen LogP) is 3.77. The van der Waals surface area contributed by atoms with Crippen molar-refractivity contribution in [3.05, 3.63) is 53.6 Å². The number of aromatic nitrogens is 2. The topological polar surface area (TPSA) is 28.7 Å². The smallest absolute Gasteiger partial charge is 0.110 e. The average molecular weight is 239 g/mol. The molecule has 1 heterocycles. The second-order valence-electron chi connectivity index (χ2n) is 3.00. The lowest BCUT2D eigenvalue weighted by atomic mass is 10.2. The predicted molar refractivity (Wildman–Crippen MR) is 62.8 cm³/mol. The minimum atomic E-state index is 0.588. The van der Waals surface area contributed by atoms with Gasteiger partial charge in [-0.15, -0.1) is 0 Å². The summed E-state index contributed by atoms with van der Waals surface area (Å²) in [5.41, 5.74) is 1.64. The van der Waals surface area contributed by atoms with Crippen LogP contribution in [0.1, 0.15) is 5.82 Å². The Morgan fingerprint density at radius 1 is 1.33 bits per heavy atom. The molecule has 1 aromatic heterocycles. The third-order valence-electron chi connectivity index (χ3n) is 2.00. The van der Waals surface area contributed by atoms with Crippen LogP contribution >= 0.6 is 23.2 Å². The lowest BCUT2D eigenvalue weighted by Gasteiger charge is -2.00. The Bertz CT molecular complexity index is 477. The fraction of sp³-hybridized carbons (Fsp3) is 0. The Balaban J connectivity index is 2.44. The van der Waals surface area contributed by atoms with Crippen molar-refractivity contribution >= 4 is 23.2 Å². The number of nitrogens with one attached hydrogen (secondary N) is 1. The number of rotatable bonds is 2. The summed E-state index contributed by atoms with van der Waals surface area (Å²) in [7, 11) is 0. The van der Waals surface area contributed by atoms with Gasteiger partial charge in [-0.1, -0.05) is 23.2 Å². The summed E-state index contributed by atoms with van der Waals surface area (Å²) in [4.78, 5) is 7.26. The molecule has 1 aromatic carbocycles. The number of hydrogen-bond acceptors (Lipinski definition) is 1. The molecule has 0 spiro atoms. The first-order chi connectivity index (χ1) is 7.20. The van der Waals surface area contributed by atoms with Crippen LogP contribution in [0.3, 0.4) is 0 Å². The zero-order valence-electron chi connectivity index (χ0n) is 7.80. The summed E-state index contributed by atoms with van der Waals surface area (Å²) in [5, 5.41) is 1.20. The molecule has 0 aliphatic carbocycles. The molecule has 0 saturated heterocycles. The van der Waals surface area contributed by atoms with Crippen molar-refractivity contribution in [2.75, 3.05) is 0 Å². The summed E-state index contributed by atoms with van der Waals surface area (Å²) in [6.45, 7) is 3.63. The summed E-state index contributed by atoms with van der Waals surface area (Å²) < 4.78 is 0. The van der Waals surface area contributed by atoms with Gasteiger partial charge in [0, 0.05) is 23.2 Å². The molecule has 0 atom stereocenters. The molecule has 2 rings (SSSR count). The largest absolute Gasteiger partial charge is 0.348 e. The fourth-order valence-corrected chi connectivity index (χ4v) is 1.78. The maximum Gasteiger partial charge on any atom is 0.110 e. The van der Waals surface area contributed by atoms with E-state index < -0.39 is 0 Å². The van der Waals surface area contributed by atoms with E-state index in [1.165, 1.54) is 0 Å². The van der Waals surface area contributed by atoms with Crippen molar-refractivity contribution in [1.82, 2.24) is 9.97 Å². The Morgan fingerprint density at radius 3 is 2.73 bits per heavy atom. The molecule has 0 aliphatic rings. The Morgan fingerprint density at radius 2 is 2.13 bits per heavy atom. The number of nitrogens with zero attached hydrogens (tertiary/aromatic N) is 1. The fourth-order valence-electron chi connectivity index (χ4n) is 1.28. The van der Waals surface area contributed by atoms with Gasteiger partial charge in [-0.3, -0.25) is 0 Å². The summed E-state index contributed by atoms with van der Waals surface area (Å²) in [5.74, 6) is 0.719. The van der Waals surface area contributed by atoms with Crippen LogP contribution in [0, 0.1) is 13.3 Å². The first kappa shape index (κ1) is 10.5. The average Bonchev–Trinajstić information content (AvgIpc) is 2.66. The highest BCUT2D eigenvalue weighted by atomic mass is 35.5. The highest BCUT2D eigenvalue weighted by Gasteiger charge is 2.07. The van der Waals surface area contributed by atoms with Gasteiger partial charge in [-0.05, 0) is 25.1 Å². The van der Waals surface area contributed by atoms with Crippen molar-refractivity contribution in [2.24, 2.45) is 0 Å². The van der Waals surface area contributed by atoms with Crippen molar-refractivity contribution in [3.8, 4) is 11.3 Å². The van der Waals surface area contributed by atoms with Crippen molar-refractivity contribution in [2.45, 2.75) is 0 Å². The van der Waals surface area contributed by atoms with E-state index in [-0.39, 0.29) is 0 Å². The number of imidazole rings is 1. The molecule has 0 aliphatic heterocycles. The van der Waals surface area contributed by atoms with E-state index in [4.69, 9.17) is 23.2 Å². The van der Waals surface area contributed by atoms with Crippen LogP contribution in [-0.2, 0) is 0 Å². The van der Waals surface area contributed by atoms with E-state index in [9.17, 15) is 0 Å². The van der Waals surface area contributed by atoms with Gasteiger partial charge < -0.3 is 4.98 Å². The summed E-state index contributed by atoms with van der Waals surface area (Å²) >= 11 is 11.9. The van der Waals surface area contributed by atoms with Crippen LogP contribution in [0.4, 0.5) is 0 Å². The lowest BCUT2D eigenvalue weighted by molar-refractivity contribution is 1.19. The SMILES string of the molecule is [CH2][CH]c1nc(-c2ccc(Cl)cc2Cl)c[nH]1. The van der Waals surface area contributed by atoms with Gasteiger partial charge in [-0.2, -0.15) is 0 Å². The number of hydrogen-bond donors (Lipinski definition) is 1. The molecular formula is C11H8Cl2N2. The molecule has 15 heavy (non-hydrogen) atoms. The van der Waals surface area contributed by atoms with Crippen molar-refractivity contribution < 1.29 is 0 Å². The minimum absolute atomic E-state index is 0.588. The molecule has 0 amide bonds. The van der Waals surface area contributed by atoms with E-state index in [0.29, 0.717) is 10.0 Å². The van der Waals surface area contributed by atoms with E-state index in [1.807, 2.05) is 6.07 Å². The van der Waals surface area contributed by atoms with Crippen LogP contribution in [0.2, 0.25) is 10.0 Å². The van der Waals surface area contributed by atoms with Crippen molar-refractivity contribution in [1.29, 1.82) is 0 Å². The summed E-state index contributed by atoms with van der Waals surface area (Å²) in [6.07, 6.45) is 3.43. The van der Waals surface area contributed by atoms with Gasteiger partial charge in [0.15, 0.2) is 0 Å². The number of aromatic amines is 1. The molecule has 0 unspecified atom stereocenters. The third kappa shape index (κ3) is 2.16. The number of H-pyrrole nitrogens is 1.